The highest BCUT2D eigenvalue weighted by atomic mass is 16.6. The summed E-state index contributed by atoms with van der Waals surface area (Å²) in [4.78, 5) is 39.6. The van der Waals surface area contributed by atoms with Crippen LogP contribution in [0.4, 0.5) is 0 Å². The molecule has 7 heteroatoms. The highest BCUT2D eigenvalue weighted by molar-refractivity contribution is 5.99. The van der Waals surface area contributed by atoms with Crippen LogP contribution in [-0.2, 0) is 4.79 Å². The van der Waals surface area contributed by atoms with Gasteiger partial charge in [0.2, 0.25) is 0 Å². The van der Waals surface area contributed by atoms with Crippen molar-refractivity contribution in [2.75, 3.05) is 0 Å². The van der Waals surface area contributed by atoms with E-state index in [0.29, 0.717) is 5.56 Å². The van der Waals surface area contributed by atoms with Crippen LogP contribution in [-0.4, -0.2) is 28.0 Å². The van der Waals surface area contributed by atoms with Crippen molar-refractivity contribution in [2.24, 2.45) is 0 Å². The minimum Gasteiger partial charge on any atom is -0.478 e. The first-order chi connectivity index (χ1) is 13.5. The molecule has 0 aliphatic heterocycles. The number of carboxylic acid groups (broad SMARTS) is 1. The molecule has 3 rings (SSSR count). The molecule has 0 spiro atoms. The van der Waals surface area contributed by atoms with Gasteiger partial charge in [-0.05, 0) is 29.8 Å². The minimum absolute atomic E-state index is 0.166. The fraction of sp³-hybridized carbons (Fsp3) is 0.0476. The first-order valence-electron chi connectivity index (χ1n) is 8.23. The number of esters is 2. The summed E-state index contributed by atoms with van der Waals surface area (Å²) >= 11 is 0. The smallest absolute Gasteiger partial charge is 0.344 e. The third-order valence-electron chi connectivity index (χ3n) is 3.78. The van der Waals surface area contributed by atoms with E-state index in [4.69, 9.17) is 9.47 Å². The van der Waals surface area contributed by atoms with Crippen LogP contribution in [0.5, 0.6) is 11.5 Å². The molecule has 0 fully saturated rings. The number of carbonyl (C=O) groups is 3. The monoisotopic (exact) mass is 377 g/mol. The number of aromatic carboxylic acids is 1. The van der Waals surface area contributed by atoms with Gasteiger partial charge >= 0.3 is 17.9 Å². The van der Waals surface area contributed by atoms with Crippen molar-refractivity contribution in [2.45, 2.75) is 6.92 Å². The molecule has 0 aliphatic carbocycles. The molecule has 1 aromatic heterocycles. The summed E-state index contributed by atoms with van der Waals surface area (Å²) in [5, 5.41) is 9.31. The van der Waals surface area contributed by atoms with E-state index in [0.717, 1.165) is 12.5 Å². The Balaban J connectivity index is 2.00. The van der Waals surface area contributed by atoms with Crippen LogP contribution >= 0.6 is 0 Å². The van der Waals surface area contributed by atoms with Crippen LogP contribution in [0.25, 0.3) is 11.1 Å². The van der Waals surface area contributed by atoms with E-state index in [1.54, 1.807) is 48.8 Å². The predicted octanol–water partition coefficient (Wildman–Crippen LogP) is 3.59. The summed E-state index contributed by atoms with van der Waals surface area (Å²) < 4.78 is 10.4. The Morgan fingerprint density at radius 3 is 2.32 bits per heavy atom. The maximum Gasteiger partial charge on any atom is 0.344 e. The molecule has 0 aliphatic rings. The fourth-order valence-electron chi connectivity index (χ4n) is 2.60. The number of aromatic nitrogens is 1. The van der Waals surface area contributed by atoms with Gasteiger partial charge in [0.15, 0.2) is 11.5 Å². The summed E-state index contributed by atoms with van der Waals surface area (Å²) in [6, 6.07) is 14.3. The van der Waals surface area contributed by atoms with Gasteiger partial charge in [-0.1, -0.05) is 30.3 Å². The summed E-state index contributed by atoms with van der Waals surface area (Å²) in [7, 11) is 0. The van der Waals surface area contributed by atoms with Gasteiger partial charge in [-0.2, -0.15) is 0 Å². The Kier molecular flexibility index (Phi) is 5.45. The summed E-state index contributed by atoms with van der Waals surface area (Å²) in [5.74, 6) is -3.27. The van der Waals surface area contributed by atoms with E-state index in [-0.39, 0.29) is 22.6 Å². The largest absolute Gasteiger partial charge is 0.478 e. The van der Waals surface area contributed by atoms with E-state index in [1.165, 1.54) is 18.2 Å². The molecule has 0 bridgehead atoms. The quantitative estimate of drug-likeness (QED) is 0.535. The zero-order valence-electron chi connectivity index (χ0n) is 14.8. The molecule has 3 aromatic rings. The number of para-hydroxylation sites is 1. The maximum absolute atomic E-state index is 12.8. The average molecular weight is 377 g/mol. The van der Waals surface area contributed by atoms with Crippen molar-refractivity contribution in [3.05, 3.63) is 78.1 Å². The number of rotatable bonds is 5. The third kappa shape index (κ3) is 4.04. The molecule has 0 atom stereocenters. The summed E-state index contributed by atoms with van der Waals surface area (Å²) in [6.07, 6.45) is 3.23. The maximum atomic E-state index is 12.8. The number of benzene rings is 2. The summed E-state index contributed by atoms with van der Waals surface area (Å²) in [5.41, 5.74) is 1.28. The number of hydrogen-bond donors (Lipinski definition) is 1. The fourth-order valence-corrected chi connectivity index (χ4v) is 2.60. The van der Waals surface area contributed by atoms with Gasteiger partial charge < -0.3 is 14.6 Å². The highest BCUT2D eigenvalue weighted by Gasteiger charge is 2.22. The van der Waals surface area contributed by atoms with Crippen molar-refractivity contribution in [3.8, 4) is 22.6 Å². The number of carboxylic acids is 1. The second kappa shape index (κ2) is 8.13. The van der Waals surface area contributed by atoms with Crippen molar-refractivity contribution < 1.29 is 29.0 Å². The van der Waals surface area contributed by atoms with Gasteiger partial charge in [0.25, 0.3) is 0 Å². The lowest BCUT2D eigenvalue weighted by Crippen LogP contribution is -2.14. The van der Waals surface area contributed by atoms with Gasteiger partial charge in [0.1, 0.15) is 5.56 Å². The Labute approximate surface area is 160 Å². The molecule has 0 amide bonds. The third-order valence-corrected chi connectivity index (χ3v) is 3.78. The van der Waals surface area contributed by atoms with Crippen molar-refractivity contribution >= 4 is 17.9 Å². The van der Waals surface area contributed by atoms with Crippen LogP contribution in [0, 0.1) is 0 Å². The molecule has 1 N–H and O–H groups in total. The molecule has 0 saturated carbocycles. The number of hydrogen-bond acceptors (Lipinski definition) is 6. The molecule has 1 heterocycles. The lowest BCUT2D eigenvalue weighted by molar-refractivity contribution is -0.132. The van der Waals surface area contributed by atoms with Gasteiger partial charge in [0.05, 0.1) is 5.56 Å². The van der Waals surface area contributed by atoms with E-state index in [1.807, 2.05) is 0 Å². The van der Waals surface area contributed by atoms with Crippen LogP contribution in [0.3, 0.4) is 0 Å². The van der Waals surface area contributed by atoms with Crippen LogP contribution in [0.2, 0.25) is 0 Å². The Morgan fingerprint density at radius 1 is 0.893 bits per heavy atom. The highest BCUT2D eigenvalue weighted by Crippen LogP contribution is 2.33. The lowest BCUT2D eigenvalue weighted by atomic mass is 10.0. The lowest BCUT2D eigenvalue weighted by Gasteiger charge is -2.13. The normalized spacial score (nSPS) is 10.2. The zero-order chi connectivity index (χ0) is 20.1. The number of ether oxygens (including phenoxy) is 2. The predicted molar refractivity (Wildman–Crippen MR) is 99.3 cm³/mol. The first kappa shape index (κ1) is 18.8. The number of pyridine rings is 1. The molecule has 28 heavy (non-hydrogen) atoms. The van der Waals surface area contributed by atoms with Gasteiger partial charge in [-0.25, -0.2) is 9.59 Å². The Bertz CT molecular complexity index is 1050. The molecule has 7 nitrogen and oxygen atoms in total. The SMILES string of the molecule is CC(=O)Oc1c(OC(=O)c2ccccc2-c2cccnc2)cccc1C(=O)O. The van der Waals surface area contributed by atoms with Gasteiger partial charge in [-0.15, -0.1) is 0 Å². The Morgan fingerprint density at radius 2 is 1.64 bits per heavy atom. The van der Waals surface area contributed by atoms with Gasteiger partial charge in [0, 0.05) is 24.9 Å². The zero-order valence-corrected chi connectivity index (χ0v) is 14.8. The second-order valence-electron chi connectivity index (χ2n) is 5.71. The molecule has 0 unspecified atom stereocenters. The molecular formula is C21H15NO6. The second-order valence-corrected chi connectivity index (χ2v) is 5.71. The number of nitrogens with zero attached hydrogens (tertiary/aromatic N) is 1. The van der Waals surface area contributed by atoms with Crippen LogP contribution in [0.1, 0.15) is 27.6 Å². The van der Waals surface area contributed by atoms with E-state index in [9.17, 15) is 19.5 Å². The van der Waals surface area contributed by atoms with Crippen molar-refractivity contribution in [3.63, 3.8) is 0 Å². The molecular weight excluding hydrogens is 362 g/mol. The van der Waals surface area contributed by atoms with Crippen molar-refractivity contribution in [1.29, 1.82) is 0 Å². The standard InChI is InChI=1S/C21H15NO6/c1-13(23)27-19-17(20(24)25)9-4-10-18(19)28-21(26)16-8-3-2-7-15(16)14-6-5-11-22-12-14/h2-12H,1H3,(H,24,25). The first-order valence-corrected chi connectivity index (χ1v) is 8.23. The van der Waals surface area contributed by atoms with E-state index in [2.05, 4.69) is 4.98 Å². The van der Waals surface area contributed by atoms with E-state index < -0.39 is 17.9 Å². The van der Waals surface area contributed by atoms with E-state index >= 15 is 0 Å². The topological polar surface area (TPSA) is 103 Å². The molecule has 140 valence electrons. The van der Waals surface area contributed by atoms with Gasteiger partial charge in [-0.3, -0.25) is 9.78 Å². The van der Waals surface area contributed by atoms with Crippen molar-refractivity contribution in [1.82, 2.24) is 4.98 Å². The molecule has 0 saturated heterocycles. The average Bonchev–Trinajstić information content (AvgIpc) is 2.69. The Hall–Kier alpha value is -4.00. The van der Waals surface area contributed by atoms with Crippen LogP contribution < -0.4 is 9.47 Å². The molecule has 2 aromatic carbocycles. The summed E-state index contributed by atoms with van der Waals surface area (Å²) in [6.45, 7) is 1.13. The minimum atomic E-state index is -1.31. The molecule has 0 radical (unpaired) electrons. The van der Waals surface area contributed by atoms with Crippen LogP contribution in [0.15, 0.2) is 67.0 Å². The number of carbonyl (C=O) groups excluding carboxylic acids is 2.